The average molecular weight is 238 g/mol. The molecule has 1 aliphatic rings. The van der Waals surface area contributed by atoms with Crippen LogP contribution in [0, 0.1) is 5.82 Å². The Morgan fingerprint density at radius 1 is 1.53 bits per heavy atom. The summed E-state index contributed by atoms with van der Waals surface area (Å²) in [5, 5.41) is 0. The molecule has 94 valence electrons. The third kappa shape index (κ3) is 3.25. The van der Waals surface area contributed by atoms with Gasteiger partial charge in [-0.3, -0.25) is 4.90 Å². The molecule has 1 unspecified atom stereocenters. The second-order valence-corrected chi connectivity index (χ2v) is 4.55. The van der Waals surface area contributed by atoms with E-state index in [1.54, 1.807) is 0 Å². The largest absolute Gasteiger partial charge is 0.376 e. The molecule has 1 fully saturated rings. The van der Waals surface area contributed by atoms with Crippen LogP contribution in [0.5, 0.6) is 0 Å². The zero-order chi connectivity index (χ0) is 12.3. The van der Waals surface area contributed by atoms with Gasteiger partial charge in [0.1, 0.15) is 5.82 Å². The van der Waals surface area contributed by atoms with E-state index >= 15 is 0 Å². The molecule has 1 heterocycles. The first kappa shape index (κ1) is 12.5. The molecule has 2 rings (SSSR count). The van der Waals surface area contributed by atoms with Gasteiger partial charge in [0, 0.05) is 31.7 Å². The van der Waals surface area contributed by atoms with Crippen LogP contribution in [-0.2, 0) is 17.8 Å². The first-order valence-electron chi connectivity index (χ1n) is 6.00. The van der Waals surface area contributed by atoms with Crippen molar-refractivity contribution >= 4 is 0 Å². The third-order valence-electron chi connectivity index (χ3n) is 3.06. The highest BCUT2D eigenvalue weighted by atomic mass is 19.1. The number of ether oxygens (including phenoxy) is 1. The number of halogens is 1. The molecule has 4 heteroatoms. The van der Waals surface area contributed by atoms with Gasteiger partial charge in [0.15, 0.2) is 0 Å². The van der Waals surface area contributed by atoms with Crippen molar-refractivity contribution in [2.75, 3.05) is 19.7 Å². The minimum atomic E-state index is -0.216. The minimum Gasteiger partial charge on any atom is -0.376 e. The molecule has 1 aromatic rings. The summed E-state index contributed by atoms with van der Waals surface area (Å²) in [5.41, 5.74) is 7.20. The SMILES string of the molecule is CC1CN(Cc2ccc(F)c(CN)c2)CCO1. The number of nitrogens with zero attached hydrogens (tertiary/aromatic N) is 1. The van der Waals surface area contributed by atoms with Gasteiger partial charge in [-0.15, -0.1) is 0 Å². The second kappa shape index (κ2) is 5.58. The summed E-state index contributed by atoms with van der Waals surface area (Å²) >= 11 is 0. The van der Waals surface area contributed by atoms with Crippen molar-refractivity contribution < 1.29 is 9.13 Å². The van der Waals surface area contributed by atoms with Crippen LogP contribution in [0.1, 0.15) is 18.1 Å². The van der Waals surface area contributed by atoms with Crippen LogP contribution in [-0.4, -0.2) is 30.7 Å². The maximum atomic E-state index is 13.3. The highest BCUT2D eigenvalue weighted by Gasteiger charge is 2.16. The van der Waals surface area contributed by atoms with Crippen LogP contribution in [0.3, 0.4) is 0 Å². The average Bonchev–Trinajstić information content (AvgIpc) is 2.32. The first-order valence-corrected chi connectivity index (χ1v) is 6.00. The smallest absolute Gasteiger partial charge is 0.127 e. The fraction of sp³-hybridized carbons (Fsp3) is 0.538. The molecule has 0 amide bonds. The summed E-state index contributed by atoms with van der Waals surface area (Å²) in [7, 11) is 0. The van der Waals surface area contributed by atoms with Crippen LogP contribution < -0.4 is 5.73 Å². The van der Waals surface area contributed by atoms with Crippen molar-refractivity contribution in [1.82, 2.24) is 4.90 Å². The van der Waals surface area contributed by atoms with Gasteiger partial charge in [0.2, 0.25) is 0 Å². The summed E-state index contributed by atoms with van der Waals surface area (Å²) in [6, 6.07) is 5.19. The van der Waals surface area contributed by atoms with E-state index in [0.717, 1.165) is 31.8 Å². The first-order chi connectivity index (χ1) is 8.19. The molecule has 0 aromatic heterocycles. The molecule has 2 N–H and O–H groups in total. The predicted octanol–water partition coefficient (Wildman–Crippen LogP) is 1.51. The summed E-state index contributed by atoms with van der Waals surface area (Å²) in [6.07, 6.45) is 0.276. The molecule has 1 saturated heterocycles. The second-order valence-electron chi connectivity index (χ2n) is 4.55. The Kier molecular flexibility index (Phi) is 4.10. The number of morpholine rings is 1. The molecule has 0 radical (unpaired) electrons. The van der Waals surface area contributed by atoms with E-state index in [1.807, 2.05) is 12.1 Å². The van der Waals surface area contributed by atoms with Crippen molar-refractivity contribution in [3.8, 4) is 0 Å². The van der Waals surface area contributed by atoms with E-state index in [2.05, 4.69) is 11.8 Å². The molecule has 1 aliphatic heterocycles. The van der Waals surface area contributed by atoms with Crippen LogP contribution in [0.15, 0.2) is 18.2 Å². The third-order valence-corrected chi connectivity index (χ3v) is 3.06. The van der Waals surface area contributed by atoms with Gasteiger partial charge in [-0.25, -0.2) is 4.39 Å². The standard InChI is InChI=1S/C13H19FN2O/c1-10-8-16(4-5-17-10)9-11-2-3-13(14)12(6-11)7-15/h2-3,6,10H,4-5,7-9,15H2,1H3. The van der Waals surface area contributed by atoms with Crippen molar-refractivity contribution in [2.24, 2.45) is 5.73 Å². The van der Waals surface area contributed by atoms with Crippen LogP contribution in [0.4, 0.5) is 4.39 Å². The van der Waals surface area contributed by atoms with Crippen LogP contribution in [0.25, 0.3) is 0 Å². The molecule has 1 atom stereocenters. The lowest BCUT2D eigenvalue weighted by Gasteiger charge is -2.31. The van der Waals surface area contributed by atoms with E-state index in [4.69, 9.17) is 10.5 Å². The normalized spacial score (nSPS) is 21.7. The molecule has 0 spiro atoms. The maximum absolute atomic E-state index is 13.3. The number of nitrogens with two attached hydrogens (primary N) is 1. The molecule has 17 heavy (non-hydrogen) atoms. The monoisotopic (exact) mass is 238 g/mol. The number of benzene rings is 1. The van der Waals surface area contributed by atoms with Crippen LogP contribution in [0.2, 0.25) is 0 Å². The lowest BCUT2D eigenvalue weighted by atomic mass is 10.1. The van der Waals surface area contributed by atoms with E-state index in [1.165, 1.54) is 6.07 Å². The quantitative estimate of drug-likeness (QED) is 0.867. The minimum absolute atomic E-state index is 0.216. The lowest BCUT2D eigenvalue weighted by molar-refractivity contribution is -0.0212. The number of hydrogen-bond donors (Lipinski definition) is 1. The topological polar surface area (TPSA) is 38.5 Å². The fourth-order valence-corrected chi connectivity index (χ4v) is 2.18. The Hall–Kier alpha value is -0.970. The lowest BCUT2D eigenvalue weighted by Crippen LogP contribution is -2.40. The number of rotatable bonds is 3. The van der Waals surface area contributed by atoms with Gasteiger partial charge in [0.05, 0.1) is 12.7 Å². The Morgan fingerprint density at radius 3 is 3.06 bits per heavy atom. The zero-order valence-corrected chi connectivity index (χ0v) is 10.2. The van der Waals surface area contributed by atoms with Gasteiger partial charge >= 0.3 is 0 Å². The number of hydrogen-bond acceptors (Lipinski definition) is 3. The molecule has 3 nitrogen and oxygen atoms in total. The van der Waals surface area contributed by atoms with Crippen LogP contribution >= 0.6 is 0 Å². The summed E-state index contributed by atoms with van der Waals surface area (Å²) < 4.78 is 18.8. The zero-order valence-electron chi connectivity index (χ0n) is 10.2. The van der Waals surface area contributed by atoms with E-state index in [-0.39, 0.29) is 18.5 Å². The molecular weight excluding hydrogens is 219 g/mol. The van der Waals surface area contributed by atoms with Gasteiger partial charge < -0.3 is 10.5 Å². The highest BCUT2D eigenvalue weighted by molar-refractivity contribution is 5.25. The summed E-state index contributed by atoms with van der Waals surface area (Å²) in [6.45, 7) is 5.78. The van der Waals surface area contributed by atoms with Crippen molar-refractivity contribution in [2.45, 2.75) is 26.1 Å². The van der Waals surface area contributed by atoms with Crippen molar-refractivity contribution in [3.05, 3.63) is 35.1 Å². The Balaban J connectivity index is 2.02. The molecular formula is C13H19FN2O. The molecule has 0 aliphatic carbocycles. The Bertz CT molecular complexity index is 384. The van der Waals surface area contributed by atoms with Gasteiger partial charge in [-0.05, 0) is 18.6 Å². The Labute approximate surface area is 101 Å². The van der Waals surface area contributed by atoms with Gasteiger partial charge in [-0.2, -0.15) is 0 Å². The molecule has 1 aromatic carbocycles. The van der Waals surface area contributed by atoms with Crippen molar-refractivity contribution in [3.63, 3.8) is 0 Å². The summed E-state index contributed by atoms with van der Waals surface area (Å²) in [4.78, 5) is 2.32. The summed E-state index contributed by atoms with van der Waals surface area (Å²) in [5.74, 6) is -0.216. The fourth-order valence-electron chi connectivity index (χ4n) is 2.18. The Morgan fingerprint density at radius 2 is 2.35 bits per heavy atom. The van der Waals surface area contributed by atoms with Crippen molar-refractivity contribution in [1.29, 1.82) is 0 Å². The molecule has 0 bridgehead atoms. The highest BCUT2D eigenvalue weighted by Crippen LogP contribution is 2.14. The van der Waals surface area contributed by atoms with Gasteiger partial charge in [0.25, 0.3) is 0 Å². The predicted molar refractivity (Wildman–Crippen MR) is 65.0 cm³/mol. The van der Waals surface area contributed by atoms with E-state index < -0.39 is 0 Å². The van der Waals surface area contributed by atoms with E-state index in [9.17, 15) is 4.39 Å². The molecule has 0 saturated carbocycles. The van der Waals surface area contributed by atoms with Gasteiger partial charge in [-0.1, -0.05) is 12.1 Å². The maximum Gasteiger partial charge on any atom is 0.127 e. The van der Waals surface area contributed by atoms with E-state index in [0.29, 0.717) is 5.56 Å².